The highest BCUT2D eigenvalue weighted by molar-refractivity contribution is 5.87. The molecule has 0 radical (unpaired) electrons. The first-order valence-electron chi connectivity index (χ1n) is 6.58. The molecule has 0 aliphatic rings. The highest BCUT2D eigenvalue weighted by Crippen LogP contribution is 2.21. The van der Waals surface area contributed by atoms with Crippen LogP contribution >= 0.6 is 0 Å². The van der Waals surface area contributed by atoms with Crippen LogP contribution in [-0.2, 0) is 0 Å². The minimum atomic E-state index is -0.117. The van der Waals surface area contributed by atoms with Crippen LogP contribution < -0.4 is 5.56 Å². The number of aromatic nitrogens is 1. The molecule has 0 fully saturated rings. The zero-order valence-corrected chi connectivity index (χ0v) is 11.5. The van der Waals surface area contributed by atoms with E-state index in [0.29, 0.717) is 0 Å². The van der Waals surface area contributed by atoms with Crippen LogP contribution in [0.4, 0.5) is 5.69 Å². The molecule has 0 unspecified atom stereocenters. The first-order chi connectivity index (χ1) is 10.1. The van der Waals surface area contributed by atoms with Gasteiger partial charge in [-0.1, -0.05) is 18.2 Å². The highest BCUT2D eigenvalue weighted by Gasteiger charge is 2.00. The number of phenolic OH excluding ortho intramolecular Hbond substituents is 1. The standard InChI is InChI=1S/C17H14N2O2/c1-11-7-17(21)19-16-9-13(5-6-15(11)16)18-10-12-3-2-4-14(20)8-12/h2-10,20H,1H3,(H,19,21). The van der Waals surface area contributed by atoms with Gasteiger partial charge >= 0.3 is 0 Å². The maximum absolute atomic E-state index is 11.5. The zero-order chi connectivity index (χ0) is 14.8. The van der Waals surface area contributed by atoms with Crippen molar-refractivity contribution in [3.8, 4) is 5.75 Å². The van der Waals surface area contributed by atoms with Crippen LogP contribution in [0.5, 0.6) is 5.75 Å². The molecule has 0 atom stereocenters. The van der Waals surface area contributed by atoms with Crippen LogP contribution in [0.3, 0.4) is 0 Å². The lowest BCUT2D eigenvalue weighted by atomic mass is 10.1. The summed E-state index contributed by atoms with van der Waals surface area (Å²) in [4.78, 5) is 18.7. The molecule has 104 valence electrons. The molecule has 21 heavy (non-hydrogen) atoms. The summed E-state index contributed by atoms with van der Waals surface area (Å²) < 4.78 is 0. The molecule has 1 heterocycles. The first-order valence-corrected chi connectivity index (χ1v) is 6.58. The summed E-state index contributed by atoms with van der Waals surface area (Å²) in [6.45, 7) is 1.91. The Bertz CT molecular complexity index is 895. The lowest BCUT2D eigenvalue weighted by Gasteiger charge is -2.02. The van der Waals surface area contributed by atoms with Gasteiger partial charge in [0.25, 0.3) is 0 Å². The number of aromatic hydroxyl groups is 1. The highest BCUT2D eigenvalue weighted by atomic mass is 16.3. The van der Waals surface area contributed by atoms with Crippen LogP contribution in [0.15, 0.2) is 58.3 Å². The summed E-state index contributed by atoms with van der Waals surface area (Å²) in [6.07, 6.45) is 1.68. The number of hydrogen-bond acceptors (Lipinski definition) is 3. The molecule has 3 aromatic rings. The van der Waals surface area contributed by atoms with Crippen LogP contribution in [0.2, 0.25) is 0 Å². The fourth-order valence-electron chi connectivity index (χ4n) is 2.26. The second kappa shape index (κ2) is 5.25. The Balaban J connectivity index is 2.00. The van der Waals surface area contributed by atoms with E-state index in [1.807, 2.05) is 31.2 Å². The molecule has 0 bridgehead atoms. The number of rotatable bonds is 2. The third-order valence-corrected chi connectivity index (χ3v) is 3.27. The third kappa shape index (κ3) is 2.84. The van der Waals surface area contributed by atoms with Crippen LogP contribution in [0.1, 0.15) is 11.1 Å². The van der Waals surface area contributed by atoms with E-state index in [9.17, 15) is 9.90 Å². The average molecular weight is 278 g/mol. The molecule has 1 aromatic heterocycles. The van der Waals surface area contributed by atoms with Crippen LogP contribution in [0, 0.1) is 6.92 Å². The van der Waals surface area contributed by atoms with Crippen LogP contribution in [-0.4, -0.2) is 16.3 Å². The van der Waals surface area contributed by atoms with E-state index in [1.54, 1.807) is 30.5 Å². The molecule has 0 aliphatic carbocycles. The molecule has 3 rings (SSSR count). The quantitative estimate of drug-likeness (QED) is 0.706. The molecule has 0 spiro atoms. The van der Waals surface area contributed by atoms with Gasteiger partial charge in [0.15, 0.2) is 0 Å². The number of aliphatic imine (C=N–C) groups is 1. The van der Waals surface area contributed by atoms with Crippen molar-refractivity contribution in [2.45, 2.75) is 6.92 Å². The van der Waals surface area contributed by atoms with Crippen molar-refractivity contribution in [1.82, 2.24) is 4.98 Å². The van der Waals surface area contributed by atoms with Crippen molar-refractivity contribution in [3.63, 3.8) is 0 Å². The second-order valence-electron chi connectivity index (χ2n) is 4.90. The maximum atomic E-state index is 11.5. The average Bonchev–Trinajstić information content (AvgIpc) is 2.44. The van der Waals surface area contributed by atoms with Gasteiger partial charge in [-0.05, 0) is 42.3 Å². The van der Waals surface area contributed by atoms with Crippen molar-refractivity contribution in [2.75, 3.05) is 0 Å². The largest absolute Gasteiger partial charge is 0.508 e. The molecule has 2 N–H and O–H groups in total. The number of aryl methyl sites for hydroxylation is 1. The van der Waals surface area contributed by atoms with Gasteiger partial charge in [-0.25, -0.2) is 0 Å². The molecular weight excluding hydrogens is 264 g/mol. The molecule has 4 heteroatoms. The van der Waals surface area contributed by atoms with Gasteiger partial charge in [0.1, 0.15) is 5.75 Å². The summed E-state index contributed by atoms with van der Waals surface area (Å²) in [5.74, 6) is 0.206. The fraction of sp³-hybridized carbons (Fsp3) is 0.0588. The maximum Gasteiger partial charge on any atom is 0.248 e. The number of nitrogens with one attached hydrogen (secondary N) is 1. The summed E-state index contributed by atoms with van der Waals surface area (Å²) >= 11 is 0. The van der Waals surface area contributed by atoms with Gasteiger partial charge in [-0.3, -0.25) is 9.79 Å². The number of benzene rings is 2. The van der Waals surface area contributed by atoms with Gasteiger partial charge in [-0.2, -0.15) is 0 Å². The van der Waals surface area contributed by atoms with Crippen LogP contribution in [0.25, 0.3) is 10.9 Å². The Morgan fingerprint density at radius 2 is 2.00 bits per heavy atom. The van der Waals surface area contributed by atoms with Gasteiger partial charge in [0, 0.05) is 17.7 Å². The number of fused-ring (bicyclic) bond motifs is 1. The second-order valence-corrected chi connectivity index (χ2v) is 4.90. The Labute approximate surface area is 121 Å². The topological polar surface area (TPSA) is 65.5 Å². The van der Waals surface area contributed by atoms with E-state index in [2.05, 4.69) is 9.98 Å². The monoisotopic (exact) mass is 278 g/mol. The number of phenols is 1. The Kier molecular flexibility index (Phi) is 3.28. The van der Waals surface area contributed by atoms with E-state index >= 15 is 0 Å². The number of H-pyrrole nitrogens is 1. The van der Waals surface area contributed by atoms with E-state index in [4.69, 9.17) is 0 Å². The first kappa shape index (κ1) is 13.1. The van der Waals surface area contributed by atoms with E-state index in [-0.39, 0.29) is 11.3 Å². The van der Waals surface area contributed by atoms with E-state index < -0.39 is 0 Å². The van der Waals surface area contributed by atoms with Crippen molar-refractivity contribution in [3.05, 3.63) is 70.0 Å². The predicted octanol–water partition coefficient (Wildman–Crippen LogP) is 3.29. The van der Waals surface area contributed by atoms with Crippen molar-refractivity contribution in [2.24, 2.45) is 4.99 Å². The van der Waals surface area contributed by atoms with Crippen molar-refractivity contribution < 1.29 is 5.11 Å². The van der Waals surface area contributed by atoms with E-state index in [0.717, 1.165) is 27.7 Å². The normalized spacial score (nSPS) is 11.3. The smallest absolute Gasteiger partial charge is 0.248 e. The van der Waals surface area contributed by atoms with Gasteiger partial charge in [0.05, 0.1) is 11.2 Å². The minimum absolute atomic E-state index is 0.117. The molecular formula is C17H14N2O2. The summed E-state index contributed by atoms with van der Waals surface area (Å²) in [7, 11) is 0. The number of pyridine rings is 1. The van der Waals surface area contributed by atoms with Gasteiger partial charge in [0.2, 0.25) is 5.56 Å². The molecule has 0 saturated heterocycles. The SMILES string of the molecule is Cc1cc(=O)[nH]c2cc(N=Cc3cccc(O)c3)ccc12. The Morgan fingerprint density at radius 3 is 2.81 bits per heavy atom. The van der Waals surface area contributed by atoms with Crippen molar-refractivity contribution >= 4 is 22.8 Å². The Hall–Kier alpha value is -2.88. The fourth-order valence-corrected chi connectivity index (χ4v) is 2.26. The summed E-state index contributed by atoms with van der Waals surface area (Å²) in [5, 5.41) is 10.4. The van der Waals surface area contributed by atoms with Gasteiger partial charge < -0.3 is 10.1 Å². The number of hydrogen-bond donors (Lipinski definition) is 2. The lowest BCUT2D eigenvalue weighted by molar-refractivity contribution is 0.475. The van der Waals surface area contributed by atoms with E-state index in [1.165, 1.54) is 0 Å². The van der Waals surface area contributed by atoms with Crippen molar-refractivity contribution in [1.29, 1.82) is 0 Å². The molecule has 0 amide bonds. The predicted molar refractivity (Wildman–Crippen MR) is 84.7 cm³/mol. The molecule has 4 nitrogen and oxygen atoms in total. The zero-order valence-electron chi connectivity index (χ0n) is 11.5. The number of aromatic amines is 1. The Morgan fingerprint density at radius 1 is 1.14 bits per heavy atom. The third-order valence-electron chi connectivity index (χ3n) is 3.27. The summed E-state index contributed by atoms with van der Waals surface area (Å²) in [6, 6.07) is 14.1. The molecule has 0 aliphatic heterocycles. The summed E-state index contributed by atoms with van der Waals surface area (Å²) in [5.41, 5.74) is 3.15. The molecule has 2 aromatic carbocycles. The lowest BCUT2D eigenvalue weighted by Crippen LogP contribution is -2.04. The van der Waals surface area contributed by atoms with Gasteiger partial charge in [-0.15, -0.1) is 0 Å². The number of nitrogens with zero attached hydrogens (tertiary/aromatic N) is 1. The molecule has 0 saturated carbocycles. The minimum Gasteiger partial charge on any atom is -0.508 e.